The van der Waals surface area contributed by atoms with Crippen LogP contribution in [0.4, 0.5) is 5.69 Å². The normalized spacial score (nSPS) is 11.4. The van der Waals surface area contributed by atoms with Crippen molar-refractivity contribution in [1.29, 1.82) is 0 Å². The van der Waals surface area contributed by atoms with Gasteiger partial charge in [-0.25, -0.2) is 0 Å². The van der Waals surface area contributed by atoms with Crippen LogP contribution in [0.5, 0.6) is 5.75 Å². The van der Waals surface area contributed by atoms with Crippen molar-refractivity contribution in [3.63, 3.8) is 0 Å². The van der Waals surface area contributed by atoms with E-state index in [-0.39, 0.29) is 17.9 Å². The average Bonchev–Trinajstić information content (AvgIpc) is 2.74. The van der Waals surface area contributed by atoms with Crippen molar-refractivity contribution >= 4 is 29.1 Å². The smallest absolute Gasteiger partial charge is 0.255 e. The van der Waals surface area contributed by atoms with Gasteiger partial charge in [0, 0.05) is 16.1 Å². The fourth-order valence-electron chi connectivity index (χ4n) is 2.96. The Morgan fingerprint density at radius 3 is 2.28 bits per heavy atom. The molecule has 5 nitrogen and oxygen atoms in total. The lowest BCUT2D eigenvalue weighted by molar-refractivity contribution is 0.0940. The van der Waals surface area contributed by atoms with Crippen LogP contribution in [0.25, 0.3) is 0 Å². The first-order valence-electron chi connectivity index (χ1n) is 9.09. The number of amides is 2. The van der Waals surface area contributed by atoms with Gasteiger partial charge in [-0.1, -0.05) is 41.9 Å². The fourth-order valence-corrected chi connectivity index (χ4v) is 3.09. The molecule has 0 saturated carbocycles. The highest BCUT2D eigenvalue weighted by Crippen LogP contribution is 2.25. The van der Waals surface area contributed by atoms with Gasteiger partial charge < -0.3 is 15.4 Å². The van der Waals surface area contributed by atoms with E-state index >= 15 is 0 Å². The molecule has 0 unspecified atom stereocenters. The van der Waals surface area contributed by atoms with Crippen LogP contribution in [0.2, 0.25) is 5.02 Å². The van der Waals surface area contributed by atoms with E-state index in [9.17, 15) is 9.59 Å². The summed E-state index contributed by atoms with van der Waals surface area (Å²) in [5.41, 5.74) is 2.12. The number of rotatable bonds is 6. The molecule has 2 N–H and O–H groups in total. The summed E-state index contributed by atoms with van der Waals surface area (Å²) in [6.07, 6.45) is 0. The van der Waals surface area contributed by atoms with E-state index in [1.807, 2.05) is 31.2 Å². The third-order valence-electron chi connectivity index (χ3n) is 4.48. The standard InChI is InChI=1S/C23H21ClN2O3/c1-15(18-7-4-6-10-21(18)29-2)25-23(28)19-8-3-5-9-20(19)26-22(27)16-11-13-17(24)14-12-16/h3-15H,1-2H3,(H,25,28)(H,26,27)/t15-/m0/s1. The SMILES string of the molecule is COc1ccccc1[C@H](C)NC(=O)c1ccccc1NC(=O)c1ccc(Cl)cc1. The van der Waals surface area contributed by atoms with Crippen molar-refractivity contribution in [2.24, 2.45) is 0 Å². The van der Waals surface area contributed by atoms with Gasteiger partial charge >= 0.3 is 0 Å². The zero-order valence-electron chi connectivity index (χ0n) is 16.1. The first kappa shape index (κ1) is 20.4. The Kier molecular flexibility index (Phi) is 6.52. The van der Waals surface area contributed by atoms with Crippen LogP contribution in [0, 0.1) is 0 Å². The summed E-state index contributed by atoms with van der Waals surface area (Å²) in [4.78, 5) is 25.4. The lowest BCUT2D eigenvalue weighted by Crippen LogP contribution is -2.28. The minimum Gasteiger partial charge on any atom is -0.496 e. The quantitative estimate of drug-likeness (QED) is 0.596. The van der Waals surface area contributed by atoms with Gasteiger partial charge in [-0.05, 0) is 49.4 Å². The molecule has 0 aromatic heterocycles. The predicted octanol–water partition coefficient (Wildman–Crippen LogP) is 5.09. The van der Waals surface area contributed by atoms with Gasteiger partial charge in [0.2, 0.25) is 0 Å². The molecule has 0 fully saturated rings. The minimum atomic E-state index is -0.320. The second-order valence-corrected chi connectivity index (χ2v) is 6.88. The molecule has 1 atom stereocenters. The molecule has 6 heteroatoms. The molecule has 3 aromatic rings. The molecule has 148 valence electrons. The number of benzene rings is 3. The number of carbonyl (C=O) groups is 2. The summed E-state index contributed by atoms with van der Waals surface area (Å²) >= 11 is 5.87. The Morgan fingerprint density at radius 1 is 0.897 bits per heavy atom. The maximum Gasteiger partial charge on any atom is 0.255 e. The summed E-state index contributed by atoms with van der Waals surface area (Å²) in [6.45, 7) is 1.88. The van der Waals surface area contributed by atoms with Gasteiger partial charge in [-0.3, -0.25) is 9.59 Å². The van der Waals surface area contributed by atoms with E-state index in [0.717, 1.165) is 5.56 Å². The molecule has 0 aliphatic carbocycles. The molecule has 3 aromatic carbocycles. The predicted molar refractivity (Wildman–Crippen MR) is 115 cm³/mol. The van der Waals surface area contributed by atoms with Crippen LogP contribution in [-0.2, 0) is 0 Å². The summed E-state index contributed by atoms with van der Waals surface area (Å²) in [6, 6.07) is 20.6. The first-order valence-corrected chi connectivity index (χ1v) is 9.47. The number of ether oxygens (including phenoxy) is 1. The van der Waals surface area contributed by atoms with Gasteiger partial charge in [0.15, 0.2) is 0 Å². The van der Waals surface area contributed by atoms with Gasteiger partial charge in [0.25, 0.3) is 11.8 Å². The fraction of sp³-hybridized carbons (Fsp3) is 0.130. The molecule has 0 bridgehead atoms. The number of anilines is 1. The summed E-state index contributed by atoms with van der Waals surface area (Å²) in [7, 11) is 1.59. The molecule has 3 rings (SSSR count). The average molecular weight is 409 g/mol. The number of nitrogens with one attached hydrogen (secondary N) is 2. The van der Waals surface area contributed by atoms with Crippen molar-refractivity contribution < 1.29 is 14.3 Å². The van der Waals surface area contributed by atoms with Crippen LogP contribution in [-0.4, -0.2) is 18.9 Å². The molecule has 0 aliphatic heterocycles. The number of halogens is 1. The molecule has 0 heterocycles. The van der Waals surface area contributed by atoms with Crippen LogP contribution in [0.15, 0.2) is 72.8 Å². The van der Waals surface area contributed by atoms with E-state index in [1.165, 1.54) is 0 Å². The summed E-state index contributed by atoms with van der Waals surface area (Å²) in [5, 5.41) is 6.30. The van der Waals surface area contributed by atoms with Crippen LogP contribution < -0.4 is 15.4 Å². The van der Waals surface area contributed by atoms with Crippen molar-refractivity contribution in [3.8, 4) is 5.75 Å². The number of hydrogen-bond acceptors (Lipinski definition) is 3. The number of methoxy groups -OCH3 is 1. The highest BCUT2D eigenvalue weighted by atomic mass is 35.5. The molecular formula is C23H21ClN2O3. The monoisotopic (exact) mass is 408 g/mol. The van der Waals surface area contributed by atoms with Crippen LogP contribution in [0.3, 0.4) is 0 Å². The van der Waals surface area contributed by atoms with Crippen LogP contribution >= 0.6 is 11.6 Å². The lowest BCUT2D eigenvalue weighted by Gasteiger charge is -2.18. The third kappa shape index (κ3) is 4.95. The number of hydrogen-bond donors (Lipinski definition) is 2. The van der Waals surface area contributed by atoms with Gasteiger partial charge in [-0.15, -0.1) is 0 Å². The van der Waals surface area contributed by atoms with Crippen LogP contribution in [0.1, 0.15) is 39.2 Å². The largest absolute Gasteiger partial charge is 0.496 e. The van der Waals surface area contributed by atoms with Gasteiger partial charge in [-0.2, -0.15) is 0 Å². The Labute approximate surface area is 174 Å². The van der Waals surface area contributed by atoms with E-state index < -0.39 is 0 Å². The van der Waals surface area contributed by atoms with Crippen molar-refractivity contribution in [1.82, 2.24) is 5.32 Å². The second kappa shape index (κ2) is 9.26. The molecule has 0 radical (unpaired) electrons. The van der Waals surface area contributed by atoms with Crippen molar-refractivity contribution in [2.75, 3.05) is 12.4 Å². The first-order chi connectivity index (χ1) is 14.0. The Balaban J connectivity index is 1.78. The van der Waals surface area contributed by atoms with Gasteiger partial charge in [0.1, 0.15) is 5.75 Å². The number of carbonyl (C=O) groups excluding carboxylic acids is 2. The molecule has 0 spiro atoms. The zero-order valence-corrected chi connectivity index (χ0v) is 16.9. The molecule has 2 amide bonds. The second-order valence-electron chi connectivity index (χ2n) is 6.44. The van der Waals surface area contributed by atoms with E-state index in [2.05, 4.69) is 10.6 Å². The van der Waals surface area contributed by atoms with Crippen molar-refractivity contribution in [2.45, 2.75) is 13.0 Å². The molecule has 0 aliphatic rings. The molecule has 29 heavy (non-hydrogen) atoms. The van der Waals surface area contributed by atoms with E-state index in [4.69, 9.17) is 16.3 Å². The highest BCUT2D eigenvalue weighted by molar-refractivity contribution is 6.30. The summed E-state index contributed by atoms with van der Waals surface area (Å²) in [5.74, 6) is 0.0831. The Morgan fingerprint density at radius 2 is 1.55 bits per heavy atom. The lowest BCUT2D eigenvalue weighted by atomic mass is 10.1. The third-order valence-corrected chi connectivity index (χ3v) is 4.73. The Hall–Kier alpha value is -3.31. The van der Waals surface area contributed by atoms with Crippen molar-refractivity contribution in [3.05, 3.63) is 94.5 Å². The maximum absolute atomic E-state index is 12.9. The van der Waals surface area contributed by atoms with E-state index in [0.29, 0.717) is 27.6 Å². The Bertz CT molecular complexity index is 1020. The molecular weight excluding hydrogens is 388 g/mol. The zero-order chi connectivity index (χ0) is 20.8. The topological polar surface area (TPSA) is 67.4 Å². The number of para-hydroxylation sites is 2. The highest BCUT2D eigenvalue weighted by Gasteiger charge is 2.18. The molecule has 0 saturated heterocycles. The summed E-state index contributed by atoms with van der Waals surface area (Å²) < 4.78 is 5.37. The van der Waals surface area contributed by atoms with Gasteiger partial charge in [0.05, 0.1) is 24.4 Å². The minimum absolute atomic E-state index is 0.279. The maximum atomic E-state index is 12.9. The van der Waals surface area contributed by atoms with E-state index in [1.54, 1.807) is 55.6 Å².